The van der Waals surface area contributed by atoms with E-state index < -0.39 is 0 Å². The summed E-state index contributed by atoms with van der Waals surface area (Å²) in [4.78, 5) is 1.88. The second-order valence-corrected chi connectivity index (χ2v) is 4.38. The van der Waals surface area contributed by atoms with Gasteiger partial charge < -0.3 is 10.6 Å². The molecule has 0 saturated heterocycles. The minimum Gasteiger partial charge on any atom is -0.371 e. The average Bonchev–Trinajstić information content (AvgIpc) is 2.28. The number of hydrogen-bond acceptors (Lipinski definition) is 2. The lowest BCUT2D eigenvalue weighted by Crippen LogP contribution is -2.40. The van der Waals surface area contributed by atoms with Crippen LogP contribution in [-0.2, 0) is 0 Å². The third-order valence-electron chi connectivity index (χ3n) is 3.12. The van der Waals surface area contributed by atoms with Crippen LogP contribution in [0.5, 0.6) is 0 Å². The Morgan fingerprint density at radius 2 is 2.00 bits per heavy atom. The Kier molecular flexibility index (Phi) is 4.74. The van der Waals surface area contributed by atoms with Crippen LogP contribution in [0.2, 0.25) is 0 Å². The van der Waals surface area contributed by atoms with E-state index in [1.807, 2.05) is 18.0 Å². The first-order valence-corrected chi connectivity index (χ1v) is 5.77. The second kappa shape index (κ2) is 5.85. The van der Waals surface area contributed by atoms with E-state index in [1.165, 1.54) is 6.07 Å². The number of benzene rings is 1. The van der Waals surface area contributed by atoms with Crippen LogP contribution in [0.15, 0.2) is 24.3 Å². The predicted octanol–water partition coefficient (Wildman–Crippen LogP) is 2.64. The van der Waals surface area contributed by atoms with Gasteiger partial charge in [-0.05, 0) is 18.1 Å². The number of halogens is 1. The lowest BCUT2D eigenvalue weighted by Gasteiger charge is -2.26. The van der Waals surface area contributed by atoms with E-state index >= 15 is 0 Å². The molecule has 2 nitrogen and oxygen atoms in total. The minimum absolute atomic E-state index is 0.0783. The zero-order valence-corrected chi connectivity index (χ0v) is 10.3. The molecule has 1 aromatic rings. The maximum atomic E-state index is 13.5. The molecule has 0 aromatic heterocycles. The monoisotopic (exact) mass is 224 g/mol. The maximum Gasteiger partial charge on any atom is 0.146 e. The standard InChI is InChI=1S/C13H21FN2/c1-4-10(2)12(15)9-16(3)13-8-6-5-7-11(13)14/h5-8,10,12H,4,9,15H2,1-3H3. The minimum atomic E-state index is -0.193. The molecule has 1 aromatic carbocycles. The van der Waals surface area contributed by atoms with E-state index in [1.54, 1.807) is 12.1 Å². The van der Waals surface area contributed by atoms with Crippen LogP contribution in [0.25, 0.3) is 0 Å². The first kappa shape index (κ1) is 13.0. The molecule has 2 N–H and O–H groups in total. The van der Waals surface area contributed by atoms with Gasteiger partial charge in [0, 0.05) is 19.6 Å². The summed E-state index contributed by atoms with van der Waals surface area (Å²) in [5.41, 5.74) is 6.66. The molecule has 1 rings (SSSR count). The van der Waals surface area contributed by atoms with Gasteiger partial charge in [-0.2, -0.15) is 0 Å². The van der Waals surface area contributed by atoms with E-state index in [0.717, 1.165) is 6.42 Å². The summed E-state index contributed by atoms with van der Waals surface area (Å²) in [6.45, 7) is 4.92. The van der Waals surface area contributed by atoms with Gasteiger partial charge in [0.05, 0.1) is 5.69 Å². The number of likely N-dealkylation sites (N-methyl/N-ethyl adjacent to an activating group) is 1. The molecule has 0 fully saturated rings. The number of hydrogen-bond donors (Lipinski definition) is 1. The molecule has 90 valence electrons. The van der Waals surface area contributed by atoms with Crippen molar-refractivity contribution in [3.63, 3.8) is 0 Å². The van der Waals surface area contributed by atoms with Crippen molar-refractivity contribution in [2.24, 2.45) is 11.7 Å². The molecule has 0 aliphatic carbocycles. The lowest BCUT2D eigenvalue weighted by atomic mass is 9.99. The number of rotatable bonds is 5. The van der Waals surface area contributed by atoms with E-state index in [-0.39, 0.29) is 11.9 Å². The highest BCUT2D eigenvalue weighted by molar-refractivity contribution is 5.46. The van der Waals surface area contributed by atoms with Crippen molar-refractivity contribution in [2.45, 2.75) is 26.3 Å². The Morgan fingerprint density at radius 1 is 1.38 bits per heavy atom. The van der Waals surface area contributed by atoms with Gasteiger partial charge in [-0.15, -0.1) is 0 Å². The Hall–Kier alpha value is -1.09. The molecule has 3 heteroatoms. The fourth-order valence-electron chi connectivity index (χ4n) is 1.66. The molecule has 0 heterocycles. The molecular weight excluding hydrogens is 203 g/mol. The summed E-state index contributed by atoms with van der Waals surface area (Å²) in [6, 6.07) is 6.86. The van der Waals surface area contributed by atoms with Gasteiger partial charge in [0.1, 0.15) is 5.82 Å². The van der Waals surface area contributed by atoms with Crippen LogP contribution in [-0.4, -0.2) is 19.6 Å². The molecule has 2 atom stereocenters. The first-order chi connectivity index (χ1) is 7.56. The highest BCUT2D eigenvalue weighted by atomic mass is 19.1. The second-order valence-electron chi connectivity index (χ2n) is 4.38. The van der Waals surface area contributed by atoms with E-state index in [4.69, 9.17) is 5.73 Å². The van der Waals surface area contributed by atoms with Crippen LogP contribution in [0, 0.1) is 11.7 Å². The molecule has 0 bridgehead atoms. The lowest BCUT2D eigenvalue weighted by molar-refractivity contribution is 0.442. The SMILES string of the molecule is CCC(C)C(N)CN(C)c1ccccc1F. The van der Waals surface area contributed by atoms with Crippen LogP contribution >= 0.6 is 0 Å². The van der Waals surface area contributed by atoms with Crippen LogP contribution in [0.1, 0.15) is 20.3 Å². The van der Waals surface area contributed by atoms with Crippen molar-refractivity contribution >= 4 is 5.69 Å². The van der Waals surface area contributed by atoms with Gasteiger partial charge in [-0.3, -0.25) is 0 Å². The third kappa shape index (κ3) is 3.20. The van der Waals surface area contributed by atoms with Crippen LogP contribution < -0.4 is 10.6 Å². The Labute approximate surface area is 97.3 Å². The highest BCUT2D eigenvalue weighted by Gasteiger charge is 2.15. The fourth-order valence-corrected chi connectivity index (χ4v) is 1.66. The van der Waals surface area contributed by atoms with E-state index in [0.29, 0.717) is 18.2 Å². The van der Waals surface area contributed by atoms with Gasteiger partial charge in [-0.25, -0.2) is 4.39 Å². The highest BCUT2D eigenvalue weighted by Crippen LogP contribution is 2.18. The average molecular weight is 224 g/mol. The zero-order chi connectivity index (χ0) is 12.1. The third-order valence-corrected chi connectivity index (χ3v) is 3.12. The van der Waals surface area contributed by atoms with Crippen molar-refractivity contribution in [1.82, 2.24) is 0 Å². The summed E-state index contributed by atoms with van der Waals surface area (Å²) in [5.74, 6) is 0.260. The predicted molar refractivity (Wildman–Crippen MR) is 67.1 cm³/mol. The summed E-state index contributed by atoms with van der Waals surface area (Å²) in [6.07, 6.45) is 1.05. The topological polar surface area (TPSA) is 29.3 Å². The van der Waals surface area contributed by atoms with Crippen LogP contribution in [0.4, 0.5) is 10.1 Å². The molecular formula is C13H21FN2. The summed E-state index contributed by atoms with van der Waals surface area (Å²) >= 11 is 0. The van der Waals surface area contributed by atoms with Crippen molar-refractivity contribution in [3.05, 3.63) is 30.1 Å². The molecule has 16 heavy (non-hydrogen) atoms. The van der Waals surface area contributed by atoms with Gasteiger partial charge in [0.25, 0.3) is 0 Å². The fraction of sp³-hybridized carbons (Fsp3) is 0.538. The number of para-hydroxylation sites is 1. The largest absolute Gasteiger partial charge is 0.371 e. The molecule has 0 saturated carbocycles. The van der Waals surface area contributed by atoms with Crippen molar-refractivity contribution < 1.29 is 4.39 Å². The van der Waals surface area contributed by atoms with Crippen molar-refractivity contribution in [3.8, 4) is 0 Å². The normalized spacial score (nSPS) is 14.6. The molecule has 0 aliphatic heterocycles. The van der Waals surface area contributed by atoms with Gasteiger partial charge in [0.2, 0.25) is 0 Å². The number of anilines is 1. The number of nitrogens with two attached hydrogens (primary N) is 1. The quantitative estimate of drug-likeness (QED) is 0.833. The zero-order valence-electron chi connectivity index (χ0n) is 10.3. The van der Waals surface area contributed by atoms with Crippen molar-refractivity contribution in [1.29, 1.82) is 0 Å². The van der Waals surface area contributed by atoms with Crippen molar-refractivity contribution in [2.75, 3.05) is 18.5 Å². The van der Waals surface area contributed by atoms with Gasteiger partial charge in [-0.1, -0.05) is 32.4 Å². The van der Waals surface area contributed by atoms with Crippen LogP contribution in [0.3, 0.4) is 0 Å². The van der Waals surface area contributed by atoms with E-state index in [2.05, 4.69) is 13.8 Å². The molecule has 0 amide bonds. The summed E-state index contributed by atoms with van der Waals surface area (Å²) in [5, 5.41) is 0. The maximum absolute atomic E-state index is 13.5. The number of nitrogens with zero attached hydrogens (tertiary/aromatic N) is 1. The molecule has 0 spiro atoms. The summed E-state index contributed by atoms with van der Waals surface area (Å²) < 4.78 is 13.5. The van der Waals surface area contributed by atoms with Gasteiger partial charge in [0.15, 0.2) is 0 Å². The Morgan fingerprint density at radius 3 is 2.56 bits per heavy atom. The molecule has 2 unspecified atom stereocenters. The smallest absolute Gasteiger partial charge is 0.146 e. The summed E-state index contributed by atoms with van der Waals surface area (Å²) in [7, 11) is 1.88. The van der Waals surface area contributed by atoms with E-state index in [9.17, 15) is 4.39 Å². The molecule has 0 aliphatic rings. The first-order valence-electron chi connectivity index (χ1n) is 5.77. The Bertz CT molecular complexity index is 327. The Balaban J connectivity index is 2.65. The van der Waals surface area contributed by atoms with Gasteiger partial charge >= 0.3 is 0 Å². The molecule has 0 radical (unpaired) electrons.